The van der Waals surface area contributed by atoms with Gasteiger partial charge >= 0.3 is 0 Å². The molecule has 0 saturated carbocycles. The number of anilines is 2. The average Bonchev–Trinajstić information content (AvgIpc) is 3.13. The SMILES string of the molecule is C[C@H](Nc1cc(F)c(S(=O)(=O)Nc2cscn2)cc1Cl)c1cc(F)c(F)cc1F. The first kappa shape index (κ1) is 21.3. The van der Waals surface area contributed by atoms with Gasteiger partial charge in [0.2, 0.25) is 0 Å². The van der Waals surface area contributed by atoms with E-state index in [0.717, 1.165) is 23.5 Å². The van der Waals surface area contributed by atoms with Crippen LogP contribution in [0.2, 0.25) is 5.02 Å². The van der Waals surface area contributed by atoms with Crippen LogP contribution < -0.4 is 10.0 Å². The largest absolute Gasteiger partial charge is 0.377 e. The van der Waals surface area contributed by atoms with Crippen LogP contribution in [0.3, 0.4) is 0 Å². The lowest BCUT2D eigenvalue weighted by atomic mass is 10.1. The molecule has 0 aliphatic rings. The van der Waals surface area contributed by atoms with Crippen LogP contribution in [-0.2, 0) is 10.0 Å². The summed E-state index contributed by atoms with van der Waals surface area (Å²) < 4.78 is 81.7. The van der Waals surface area contributed by atoms with Gasteiger partial charge in [-0.1, -0.05) is 11.6 Å². The van der Waals surface area contributed by atoms with E-state index in [9.17, 15) is 26.0 Å². The molecule has 5 nitrogen and oxygen atoms in total. The summed E-state index contributed by atoms with van der Waals surface area (Å²) in [6.07, 6.45) is 0. The predicted octanol–water partition coefficient (Wildman–Crippen LogP) is 5.33. The molecule has 2 N–H and O–H groups in total. The molecule has 0 amide bonds. The van der Waals surface area contributed by atoms with Crippen LogP contribution in [0.15, 0.2) is 40.1 Å². The van der Waals surface area contributed by atoms with Crippen molar-refractivity contribution in [2.45, 2.75) is 17.9 Å². The van der Waals surface area contributed by atoms with Gasteiger partial charge in [-0.3, -0.25) is 4.72 Å². The Hall–Kier alpha value is -2.37. The van der Waals surface area contributed by atoms with E-state index in [4.69, 9.17) is 11.6 Å². The number of thiazole rings is 1. The number of hydrogen-bond acceptors (Lipinski definition) is 5. The van der Waals surface area contributed by atoms with Crippen molar-refractivity contribution in [3.8, 4) is 0 Å². The van der Waals surface area contributed by atoms with E-state index in [1.165, 1.54) is 17.8 Å². The molecule has 3 rings (SSSR count). The normalized spacial score (nSPS) is 12.6. The van der Waals surface area contributed by atoms with Crippen molar-refractivity contribution >= 4 is 44.5 Å². The molecule has 0 saturated heterocycles. The van der Waals surface area contributed by atoms with Gasteiger partial charge in [0.1, 0.15) is 16.5 Å². The highest BCUT2D eigenvalue weighted by Crippen LogP contribution is 2.32. The van der Waals surface area contributed by atoms with Crippen LogP contribution in [0, 0.1) is 23.3 Å². The summed E-state index contributed by atoms with van der Waals surface area (Å²) in [5, 5.41) is 3.89. The maximum atomic E-state index is 14.5. The summed E-state index contributed by atoms with van der Waals surface area (Å²) in [7, 11) is -4.30. The first-order valence-electron chi connectivity index (χ1n) is 7.89. The molecule has 2 aromatic carbocycles. The lowest BCUT2D eigenvalue weighted by molar-refractivity contribution is 0.488. The Morgan fingerprint density at radius 3 is 2.38 bits per heavy atom. The standard InChI is InChI=1S/C17H12ClF4N3O2S2/c1-8(9-2-12(20)13(21)4-11(9)19)24-15-5-14(22)16(3-10(15)18)29(26,27)25-17-6-28-7-23-17/h2-8,24-25H,1H3/t8-/m0/s1. The minimum atomic E-state index is -4.30. The molecular weight excluding hydrogens is 454 g/mol. The highest BCUT2D eigenvalue weighted by atomic mass is 35.5. The molecule has 1 aromatic heterocycles. The van der Waals surface area contributed by atoms with E-state index in [1.807, 2.05) is 0 Å². The van der Waals surface area contributed by atoms with Crippen molar-refractivity contribution in [2.24, 2.45) is 0 Å². The van der Waals surface area contributed by atoms with Crippen LogP contribution in [0.5, 0.6) is 0 Å². The van der Waals surface area contributed by atoms with E-state index in [1.54, 1.807) is 0 Å². The van der Waals surface area contributed by atoms with E-state index in [2.05, 4.69) is 15.0 Å². The van der Waals surface area contributed by atoms with E-state index < -0.39 is 44.2 Å². The van der Waals surface area contributed by atoms with E-state index in [0.29, 0.717) is 12.1 Å². The third-order valence-corrected chi connectivity index (χ3v) is 6.13. The van der Waals surface area contributed by atoms with Crippen molar-refractivity contribution in [1.82, 2.24) is 4.98 Å². The van der Waals surface area contributed by atoms with Crippen LogP contribution in [0.1, 0.15) is 18.5 Å². The third kappa shape index (κ3) is 4.62. The summed E-state index contributed by atoms with van der Waals surface area (Å²) in [4.78, 5) is 3.04. The van der Waals surface area contributed by atoms with Crippen molar-refractivity contribution in [3.63, 3.8) is 0 Å². The molecule has 0 radical (unpaired) electrons. The summed E-state index contributed by atoms with van der Waals surface area (Å²) in [6.45, 7) is 1.42. The average molecular weight is 466 g/mol. The molecule has 154 valence electrons. The number of benzene rings is 2. The van der Waals surface area contributed by atoms with Gasteiger partial charge in [0.25, 0.3) is 10.0 Å². The Bertz CT molecular complexity index is 1160. The fourth-order valence-corrected chi connectivity index (χ4v) is 4.41. The Balaban J connectivity index is 1.89. The zero-order valence-corrected chi connectivity index (χ0v) is 16.9. The minimum absolute atomic E-state index is 0.0233. The van der Waals surface area contributed by atoms with Gasteiger partial charge in [0.05, 0.1) is 22.3 Å². The van der Waals surface area contributed by atoms with E-state index in [-0.39, 0.29) is 22.1 Å². The molecule has 0 spiro atoms. The van der Waals surface area contributed by atoms with Gasteiger partial charge in [0, 0.05) is 17.0 Å². The van der Waals surface area contributed by atoms with Gasteiger partial charge in [-0.15, -0.1) is 11.3 Å². The number of aromatic nitrogens is 1. The fraction of sp³-hybridized carbons (Fsp3) is 0.118. The molecule has 0 aliphatic heterocycles. The van der Waals surface area contributed by atoms with Gasteiger partial charge < -0.3 is 5.32 Å². The highest BCUT2D eigenvalue weighted by Gasteiger charge is 2.23. The zero-order valence-electron chi connectivity index (χ0n) is 14.5. The van der Waals surface area contributed by atoms with Gasteiger partial charge in [-0.05, 0) is 25.1 Å². The molecule has 29 heavy (non-hydrogen) atoms. The molecular formula is C17H12ClF4N3O2S2. The van der Waals surface area contributed by atoms with E-state index >= 15 is 0 Å². The quantitative estimate of drug-likeness (QED) is 0.381. The molecule has 0 fully saturated rings. The van der Waals surface area contributed by atoms with Crippen molar-refractivity contribution in [2.75, 3.05) is 10.0 Å². The van der Waals surface area contributed by atoms with Crippen molar-refractivity contribution in [3.05, 3.63) is 69.0 Å². The van der Waals surface area contributed by atoms with Crippen LogP contribution in [-0.4, -0.2) is 13.4 Å². The van der Waals surface area contributed by atoms with Crippen LogP contribution >= 0.6 is 22.9 Å². The molecule has 1 atom stereocenters. The number of sulfonamides is 1. The lowest BCUT2D eigenvalue weighted by Gasteiger charge is -2.18. The maximum absolute atomic E-state index is 14.5. The summed E-state index contributed by atoms with van der Waals surface area (Å²) in [5.41, 5.74) is 1.11. The fourth-order valence-electron chi connectivity index (χ4n) is 2.48. The molecule has 3 aromatic rings. The molecule has 1 heterocycles. The summed E-state index contributed by atoms with van der Waals surface area (Å²) in [6, 6.07) is 1.82. The number of nitrogens with one attached hydrogen (secondary N) is 2. The second-order valence-corrected chi connectivity index (χ2v) is 8.67. The summed E-state index contributed by atoms with van der Waals surface area (Å²) >= 11 is 7.20. The second kappa shape index (κ2) is 8.17. The number of hydrogen-bond donors (Lipinski definition) is 2. The molecule has 12 heteroatoms. The Morgan fingerprint density at radius 1 is 1.03 bits per heavy atom. The summed E-state index contributed by atoms with van der Waals surface area (Å²) in [5.74, 6) is -4.70. The lowest BCUT2D eigenvalue weighted by Crippen LogP contribution is -2.16. The first-order valence-corrected chi connectivity index (χ1v) is 10.7. The van der Waals surface area contributed by atoms with Crippen molar-refractivity contribution < 1.29 is 26.0 Å². The van der Waals surface area contributed by atoms with Gasteiger partial charge in [-0.2, -0.15) is 0 Å². The monoisotopic (exact) mass is 465 g/mol. The number of rotatable bonds is 6. The topological polar surface area (TPSA) is 71.1 Å². The first-order chi connectivity index (χ1) is 13.6. The Labute approximate surface area is 172 Å². The Morgan fingerprint density at radius 2 is 1.72 bits per heavy atom. The van der Waals surface area contributed by atoms with Gasteiger partial charge in [-0.25, -0.2) is 31.0 Å². The van der Waals surface area contributed by atoms with Crippen LogP contribution in [0.25, 0.3) is 0 Å². The zero-order chi connectivity index (χ0) is 21.3. The third-order valence-electron chi connectivity index (χ3n) is 3.86. The smallest absolute Gasteiger partial charge is 0.266 e. The number of halogens is 5. The second-order valence-electron chi connectivity index (χ2n) is 5.90. The Kier molecular flexibility index (Phi) is 6.01. The van der Waals surface area contributed by atoms with Gasteiger partial charge in [0.15, 0.2) is 17.5 Å². The molecule has 0 aliphatic carbocycles. The predicted molar refractivity (Wildman–Crippen MR) is 103 cm³/mol. The maximum Gasteiger partial charge on any atom is 0.266 e. The highest BCUT2D eigenvalue weighted by molar-refractivity contribution is 7.92. The number of nitrogens with zero attached hydrogens (tertiary/aromatic N) is 1. The molecule has 0 bridgehead atoms. The molecule has 0 unspecified atom stereocenters. The van der Waals surface area contributed by atoms with Crippen molar-refractivity contribution in [1.29, 1.82) is 0 Å². The van der Waals surface area contributed by atoms with Crippen LogP contribution in [0.4, 0.5) is 29.1 Å². The minimum Gasteiger partial charge on any atom is -0.377 e.